The summed E-state index contributed by atoms with van der Waals surface area (Å²) < 4.78 is 0. The third-order valence-electron chi connectivity index (χ3n) is 9.26. The summed E-state index contributed by atoms with van der Waals surface area (Å²) in [6, 6.07) is 48.5. The van der Waals surface area contributed by atoms with Crippen LogP contribution in [-0.2, 0) is 0 Å². The number of rotatable bonds is 6. The number of aromatic hydroxyl groups is 2. The second-order valence-electron chi connectivity index (χ2n) is 12.6. The molecular weight excluding hydrogens is 601 g/mol. The monoisotopic (exact) mass is 634 g/mol. The third kappa shape index (κ3) is 5.47. The molecule has 0 atom stereocenters. The van der Waals surface area contributed by atoms with Gasteiger partial charge in [0.2, 0.25) is 0 Å². The molecule has 236 valence electrons. The molecule has 0 fully saturated rings. The molecular formula is C45H34N2O2. The Labute approximate surface area is 285 Å². The number of nitrogens with zero attached hydrogens (tertiary/aromatic N) is 2. The van der Waals surface area contributed by atoms with Crippen LogP contribution in [0.3, 0.4) is 0 Å². The molecule has 0 unspecified atom stereocenters. The minimum Gasteiger partial charge on any atom is -0.507 e. The summed E-state index contributed by atoms with van der Waals surface area (Å²) in [5.74, 6) is 0.449. The Morgan fingerprint density at radius 3 is 1.06 bits per heavy atom. The average molecular weight is 635 g/mol. The Kier molecular flexibility index (Phi) is 7.62. The fourth-order valence-electron chi connectivity index (χ4n) is 7.14. The highest BCUT2D eigenvalue weighted by atomic mass is 16.3. The van der Waals surface area contributed by atoms with Crippen molar-refractivity contribution in [2.75, 3.05) is 0 Å². The van der Waals surface area contributed by atoms with Gasteiger partial charge in [-0.15, -0.1) is 0 Å². The van der Waals surface area contributed by atoms with E-state index in [-0.39, 0.29) is 11.5 Å². The first-order chi connectivity index (χ1) is 24.0. The van der Waals surface area contributed by atoms with E-state index in [1.54, 1.807) is 12.1 Å². The largest absolute Gasteiger partial charge is 0.507 e. The molecule has 0 aliphatic heterocycles. The van der Waals surface area contributed by atoms with E-state index in [0.717, 1.165) is 88.1 Å². The van der Waals surface area contributed by atoms with E-state index in [0.29, 0.717) is 6.42 Å². The number of benzene rings is 8. The fourth-order valence-corrected chi connectivity index (χ4v) is 7.14. The normalized spacial score (nSPS) is 12.4. The number of phenols is 2. The summed E-state index contributed by atoms with van der Waals surface area (Å²) in [5.41, 5.74) is 6.76. The van der Waals surface area contributed by atoms with Crippen LogP contribution in [0.25, 0.3) is 65.3 Å². The van der Waals surface area contributed by atoms with Crippen LogP contribution in [0, 0.1) is 0 Å². The molecule has 0 saturated carbocycles. The zero-order chi connectivity index (χ0) is 33.5. The highest BCUT2D eigenvalue weighted by Gasteiger charge is 2.19. The molecule has 2 N–H and O–H groups in total. The van der Waals surface area contributed by atoms with Crippen LogP contribution < -0.4 is 0 Å². The molecule has 49 heavy (non-hydrogen) atoms. The lowest BCUT2D eigenvalue weighted by Gasteiger charge is -2.16. The predicted octanol–water partition coefficient (Wildman–Crippen LogP) is 12.3. The second-order valence-corrected chi connectivity index (χ2v) is 12.6. The predicted molar refractivity (Wildman–Crippen MR) is 207 cm³/mol. The zero-order valence-electron chi connectivity index (χ0n) is 27.4. The molecule has 0 spiro atoms. The maximum Gasteiger partial charge on any atom is 0.124 e. The molecule has 4 nitrogen and oxygen atoms in total. The minimum atomic E-state index is 0.224. The second kappa shape index (κ2) is 12.4. The van der Waals surface area contributed by atoms with E-state index in [1.807, 2.05) is 86.6 Å². The van der Waals surface area contributed by atoms with E-state index in [2.05, 4.69) is 60.7 Å². The van der Waals surface area contributed by atoms with Gasteiger partial charge >= 0.3 is 0 Å². The van der Waals surface area contributed by atoms with Crippen molar-refractivity contribution in [3.8, 4) is 33.8 Å². The van der Waals surface area contributed by atoms with Gasteiger partial charge in [0.25, 0.3) is 0 Å². The van der Waals surface area contributed by atoms with Crippen LogP contribution in [0.1, 0.15) is 20.3 Å². The van der Waals surface area contributed by atoms with Crippen LogP contribution in [0.5, 0.6) is 11.5 Å². The van der Waals surface area contributed by atoms with Crippen LogP contribution in [0.2, 0.25) is 0 Å². The lowest BCUT2D eigenvalue weighted by Crippen LogP contribution is -2.01. The molecule has 0 aromatic heterocycles. The number of hydrogen-bond donors (Lipinski definition) is 2. The van der Waals surface area contributed by atoms with Gasteiger partial charge in [-0.3, -0.25) is 9.98 Å². The molecule has 0 saturated heterocycles. The van der Waals surface area contributed by atoms with Crippen molar-refractivity contribution in [1.82, 2.24) is 0 Å². The van der Waals surface area contributed by atoms with E-state index in [1.165, 1.54) is 0 Å². The maximum absolute atomic E-state index is 11.3. The smallest absolute Gasteiger partial charge is 0.124 e. The number of fused-ring (bicyclic) bond motifs is 4. The van der Waals surface area contributed by atoms with Gasteiger partial charge in [0.05, 0.1) is 11.4 Å². The van der Waals surface area contributed by atoms with E-state index >= 15 is 0 Å². The van der Waals surface area contributed by atoms with Gasteiger partial charge in [-0.2, -0.15) is 0 Å². The number of aliphatic imine (C=N–C) groups is 2. The third-order valence-corrected chi connectivity index (χ3v) is 9.26. The quantitative estimate of drug-likeness (QED) is 0.179. The van der Waals surface area contributed by atoms with E-state index in [9.17, 15) is 10.2 Å². The highest BCUT2D eigenvalue weighted by molar-refractivity contribution is 6.14. The summed E-state index contributed by atoms with van der Waals surface area (Å²) in [4.78, 5) is 10.4. The van der Waals surface area contributed by atoms with Crippen LogP contribution in [-0.4, -0.2) is 21.6 Å². The Bertz CT molecular complexity index is 2450. The van der Waals surface area contributed by atoms with Crippen molar-refractivity contribution in [3.63, 3.8) is 0 Å². The van der Waals surface area contributed by atoms with Gasteiger partial charge in [-0.25, -0.2) is 0 Å². The zero-order valence-corrected chi connectivity index (χ0v) is 27.4. The van der Waals surface area contributed by atoms with Gasteiger partial charge in [-0.1, -0.05) is 121 Å². The average Bonchev–Trinajstić information content (AvgIpc) is 3.12. The van der Waals surface area contributed by atoms with Crippen molar-refractivity contribution in [1.29, 1.82) is 0 Å². The van der Waals surface area contributed by atoms with Crippen LogP contribution in [0.15, 0.2) is 156 Å². The van der Waals surface area contributed by atoms with Crippen molar-refractivity contribution in [2.45, 2.75) is 20.3 Å². The van der Waals surface area contributed by atoms with Gasteiger partial charge in [-0.05, 0) is 81.2 Å². The Morgan fingerprint density at radius 1 is 0.388 bits per heavy atom. The Morgan fingerprint density at radius 2 is 0.694 bits per heavy atom. The van der Waals surface area contributed by atoms with E-state index in [4.69, 9.17) is 9.98 Å². The van der Waals surface area contributed by atoms with Crippen molar-refractivity contribution in [3.05, 3.63) is 146 Å². The van der Waals surface area contributed by atoms with Crippen molar-refractivity contribution in [2.24, 2.45) is 9.98 Å². The van der Waals surface area contributed by atoms with Gasteiger partial charge in [0, 0.05) is 40.1 Å². The first kappa shape index (κ1) is 30.1. The lowest BCUT2D eigenvalue weighted by atomic mass is 9.91. The molecule has 8 aromatic rings. The highest BCUT2D eigenvalue weighted by Crippen LogP contribution is 2.46. The topological polar surface area (TPSA) is 65.2 Å². The molecule has 0 radical (unpaired) electrons. The van der Waals surface area contributed by atoms with Crippen molar-refractivity contribution >= 4 is 65.9 Å². The molecule has 0 amide bonds. The molecule has 0 aliphatic rings. The molecule has 8 rings (SSSR count). The van der Waals surface area contributed by atoms with Crippen LogP contribution >= 0.6 is 0 Å². The standard InChI is InChI=1S/C45H34N2O2/c1-28(46-38-23-19-30-11-3-7-15-34(30)42(38)44-36-17-9-5-13-32(36)21-25-40(44)48)27-29(2)47-39-24-20-31-12-4-8-16-35(31)43(39)45-37-18-10-6-14-33(37)22-26-41(45)49/h3-26,48-49H,27H2,1-2H3. The molecule has 0 bridgehead atoms. The molecule has 0 heterocycles. The van der Waals surface area contributed by atoms with Crippen LogP contribution in [0.4, 0.5) is 11.4 Å². The molecule has 8 aromatic carbocycles. The molecule has 0 aliphatic carbocycles. The van der Waals surface area contributed by atoms with E-state index < -0.39 is 0 Å². The first-order valence-electron chi connectivity index (χ1n) is 16.5. The summed E-state index contributed by atoms with van der Waals surface area (Å²) in [5, 5.41) is 30.9. The van der Waals surface area contributed by atoms with Gasteiger partial charge in [0.1, 0.15) is 11.5 Å². The summed E-state index contributed by atoms with van der Waals surface area (Å²) in [6.45, 7) is 4.05. The van der Waals surface area contributed by atoms with Gasteiger partial charge < -0.3 is 10.2 Å². The summed E-state index contributed by atoms with van der Waals surface area (Å²) in [7, 11) is 0. The maximum atomic E-state index is 11.3. The fraction of sp³-hybridized carbons (Fsp3) is 0.0667. The van der Waals surface area contributed by atoms with Crippen molar-refractivity contribution < 1.29 is 10.2 Å². The number of hydrogen-bond acceptors (Lipinski definition) is 4. The Hall–Kier alpha value is -6.26. The molecule has 4 heteroatoms. The summed E-state index contributed by atoms with van der Waals surface area (Å²) in [6.07, 6.45) is 0.543. The van der Waals surface area contributed by atoms with Gasteiger partial charge in [0.15, 0.2) is 0 Å². The minimum absolute atomic E-state index is 0.224. The first-order valence-corrected chi connectivity index (χ1v) is 16.5. The lowest BCUT2D eigenvalue weighted by molar-refractivity contribution is 0.477. The Balaban J connectivity index is 1.25. The number of phenolic OH excluding ortho intramolecular Hbond substituents is 2. The SMILES string of the molecule is CC(CC(C)=Nc1ccc2ccccc2c1-c1c(O)ccc2ccccc12)=Nc1ccc2ccccc2c1-c1c(O)ccc2ccccc12. The summed E-state index contributed by atoms with van der Waals surface area (Å²) >= 11 is 0.